The third kappa shape index (κ3) is 3.24. The van der Waals surface area contributed by atoms with Crippen LogP contribution in [0.5, 0.6) is 5.75 Å². The van der Waals surface area contributed by atoms with E-state index in [4.69, 9.17) is 0 Å². The molecule has 0 saturated carbocycles. The summed E-state index contributed by atoms with van der Waals surface area (Å²) < 4.78 is 0. The minimum absolute atomic E-state index is 0.0448. The summed E-state index contributed by atoms with van der Waals surface area (Å²) in [6.07, 6.45) is 3.95. The van der Waals surface area contributed by atoms with Crippen molar-refractivity contribution in [3.63, 3.8) is 0 Å². The van der Waals surface area contributed by atoms with Crippen LogP contribution in [0.1, 0.15) is 22.8 Å². The molecule has 4 heteroatoms. The third-order valence-corrected chi connectivity index (χ3v) is 1.99. The number of para-hydroxylation sites is 1. The van der Waals surface area contributed by atoms with Gasteiger partial charge in [-0.2, -0.15) is 0 Å². The molecule has 16 heavy (non-hydrogen) atoms. The van der Waals surface area contributed by atoms with Gasteiger partial charge in [0.05, 0.1) is 5.56 Å². The average Bonchev–Trinajstić information content (AvgIpc) is 2.26. The number of carbonyl (C=O) groups excluding carboxylic acids is 2. The second-order valence-corrected chi connectivity index (χ2v) is 3.24. The van der Waals surface area contributed by atoms with Crippen LogP contribution in [0.25, 0.3) is 6.08 Å². The minimum atomic E-state index is -0.115. The number of aromatic hydroxyl groups is 1. The van der Waals surface area contributed by atoms with Gasteiger partial charge in [-0.15, -0.1) is 0 Å². The van der Waals surface area contributed by atoms with Gasteiger partial charge in [-0.25, -0.2) is 0 Å². The number of phenolic OH excluding ortho intramolecular Hbond substituents is 1. The number of hydrogen-bond acceptors (Lipinski definition) is 3. The standard InChI is InChI=1S/C12H13NO3/c1-9(15)13-7-3-6-10-4-2-5-11(8-14)12(10)16/h2-6,8,16H,7H2,1H3,(H,13,15). The predicted octanol–water partition coefficient (Wildman–Crippen LogP) is 1.35. The molecule has 0 heterocycles. The summed E-state index contributed by atoms with van der Waals surface area (Å²) in [5, 5.41) is 12.2. The fourth-order valence-electron chi connectivity index (χ4n) is 1.20. The van der Waals surface area contributed by atoms with Crippen molar-refractivity contribution in [3.05, 3.63) is 35.4 Å². The van der Waals surface area contributed by atoms with Crippen molar-refractivity contribution in [3.8, 4) is 5.75 Å². The van der Waals surface area contributed by atoms with E-state index in [1.807, 2.05) is 0 Å². The van der Waals surface area contributed by atoms with Gasteiger partial charge < -0.3 is 10.4 Å². The van der Waals surface area contributed by atoms with E-state index in [-0.39, 0.29) is 17.2 Å². The van der Waals surface area contributed by atoms with Gasteiger partial charge in [0.25, 0.3) is 0 Å². The van der Waals surface area contributed by atoms with E-state index < -0.39 is 0 Å². The normalized spacial score (nSPS) is 10.3. The van der Waals surface area contributed by atoms with Crippen molar-refractivity contribution >= 4 is 18.3 Å². The fourth-order valence-corrected chi connectivity index (χ4v) is 1.20. The van der Waals surface area contributed by atoms with Gasteiger partial charge in [0.15, 0.2) is 6.29 Å². The molecule has 0 saturated heterocycles. The van der Waals surface area contributed by atoms with Crippen LogP contribution in [0.2, 0.25) is 0 Å². The van der Waals surface area contributed by atoms with Crippen LogP contribution in [0.15, 0.2) is 24.3 Å². The van der Waals surface area contributed by atoms with Gasteiger partial charge in [-0.1, -0.05) is 24.3 Å². The highest BCUT2D eigenvalue weighted by molar-refractivity contribution is 5.82. The molecule has 0 aliphatic heterocycles. The van der Waals surface area contributed by atoms with Crippen LogP contribution in [0.4, 0.5) is 0 Å². The first kappa shape index (κ1) is 12.0. The van der Waals surface area contributed by atoms with Crippen molar-refractivity contribution in [2.45, 2.75) is 6.92 Å². The molecule has 84 valence electrons. The first-order valence-electron chi connectivity index (χ1n) is 4.83. The minimum Gasteiger partial charge on any atom is -0.507 e. The van der Waals surface area contributed by atoms with E-state index in [9.17, 15) is 14.7 Å². The molecule has 1 aromatic carbocycles. The summed E-state index contributed by atoms with van der Waals surface area (Å²) in [5.74, 6) is -0.160. The molecule has 0 bridgehead atoms. The largest absolute Gasteiger partial charge is 0.507 e. The molecule has 0 spiro atoms. The Balaban J connectivity index is 2.73. The molecule has 2 N–H and O–H groups in total. The van der Waals surface area contributed by atoms with Crippen molar-refractivity contribution in [2.75, 3.05) is 6.54 Å². The smallest absolute Gasteiger partial charge is 0.217 e. The zero-order valence-corrected chi connectivity index (χ0v) is 8.93. The van der Waals surface area contributed by atoms with Crippen LogP contribution in [-0.4, -0.2) is 23.8 Å². The summed E-state index contributed by atoms with van der Waals surface area (Å²) in [4.78, 5) is 21.1. The Bertz CT molecular complexity index is 424. The molecule has 0 unspecified atom stereocenters. The molecular weight excluding hydrogens is 206 g/mol. The monoisotopic (exact) mass is 219 g/mol. The third-order valence-electron chi connectivity index (χ3n) is 1.99. The highest BCUT2D eigenvalue weighted by atomic mass is 16.3. The van der Waals surface area contributed by atoms with Gasteiger partial charge >= 0.3 is 0 Å². The van der Waals surface area contributed by atoms with Crippen molar-refractivity contribution in [2.24, 2.45) is 0 Å². The summed E-state index contributed by atoms with van der Waals surface area (Å²) in [6.45, 7) is 1.82. The Morgan fingerprint density at radius 3 is 2.75 bits per heavy atom. The van der Waals surface area contributed by atoms with Crippen molar-refractivity contribution < 1.29 is 14.7 Å². The molecule has 4 nitrogen and oxygen atoms in total. The second-order valence-electron chi connectivity index (χ2n) is 3.24. The van der Waals surface area contributed by atoms with Crippen LogP contribution < -0.4 is 5.32 Å². The number of carbonyl (C=O) groups is 2. The molecule has 0 atom stereocenters. The molecule has 1 aromatic rings. The maximum absolute atomic E-state index is 10.6. The van der Waals surface area contributed by atoms with E-state index in [0.29, 0.717) is 18.4 Å². The van der Waals surface area contributed by atoms with Gasteiger partial charge in [0.1, 0.15) is 5.75 Å². The van der Waals surface area contributed by atoms with E-state index >= 15 is 0 Å². The number of nitrogens with one attached hydrogen (secondary N) is 1. The van der Waals surface area contributed by atoms with Gasteiger partial charge in [-0.3, -0.25) is 9.59 Å². The lowest BCUT2D eigenvalue weighted by atomic mass is 10.1. The predicted molar refractivity (Wildman–Crippen MR) is 61.2 cm³/mol. The Morgan fingerprint density at radius 2 is 2.12 bits per heavy atom. The summed E-state index contributed by atoms with van der Waals surface area (Å²) in [7, 11) is 0. The zero-order valence-electron chi connectivity index (χ0n) is 8.93. The highest BCUT2D eigenvalue weighted by Crippen LogP contribution is 2.21. The maximum atomic E-state index is 10.6. The molecule has 0 aliphatic rings. The summed E-state index contributed by atoms with van der Waals surface area (Å²) >= 11 is 0. The van der Waals surface area contributed by atoms with Crippen LogP contribution >= 0.6 is 0 Å². The lowest BCUT2D eigenvalue weighted by Gasteiger charge is -2.01. The summed E-state index contributed by atoms with van der Waals surface area (Å²) in [5.41, 5.74) is 0.802. The number of benzene rings is 1. The molecule has 1 rings (SSSR count). The zero-order chi connectivity index (χ0) is 12.0. The number of hydrogen-bond donors (Lipinski definition) is 2. The van der Waals surface area contributed by atoms with Crippen LogP contribution in [-0.2, 0) is 4.79 Å². The Labute approximate surface area is 93.6 Å². The molecule has 0 aromatic heterocycles. The van der Waals surface area contributed by atoms with Crippen molar-refractivity contribution in [1.82, 2.24) is 5.32 Å². The van der Waals surface area contributed by atoms with E-state index in [1.165, 1.54) is 13.0 Å². The van der Waals surface area contributed by atoms with E-state index in [0.717, 1.165) is 0 Å². The van der Waals surface area contributed by atoms with Gasteiger partial charge in [0.2, 0.25) is 5.91 Å². The lowest BCUT2D eigenvalue weighted by molar-refractivity contribution is -0.118. The second kappa shape index (κ2) is 5.70. The average molecular weight is 219 g/mol. The SMILES string of the molecule is CC(=O)NCC=Cc1cccc(C=O)c1O. The quantitative estimate of drug-likeness (QED) is 0.751. The Hall–Kier alpha value is -2.10. The number of rotatable bonds is 4. The molecule has 1 amide bonds. The van der Waals surface area contributed by atoms with E-state index in [1.54, 1.807) is 24.3 Å². The lowest BCUT2D eigenvalue weighted by Crippen LogP contribution is -2.19. The molecule has 0 aliphatic carbocycles. The number of phenols is 1. The molecule has 0 radical (unpaired) electrons. The fraction of sp³-hybridized carbons (Fsp3) is 0.167. The number of amides is 1. The van der Waals surface area contributed by atoms with Crippen LogP contribution in [0, 0.1) is 0 Å². The van der Waals surface area contributed by atoms with E-state index in [2.05, 4.69) is 5.32 Å². The Morgan fingerprint density at radius 1 is 1.44 bits per heavy atom. The molecular formula is C12H13NO3. The maximum Gasteiger partial charge on any atom is 0.217 e. The first-order chi connectivity index (χ1) is 7.65. The van der Waals surface area contributed by atoms with Crippen molar-refractivity contribution in [1.29, 1.82) is 0 Å². The Kier molecular flexibility index (Phi) is 4.27. The van der Waals surface area contributed by atoms with Gasteiger partial charge in [0, 0.05) is 19.0 Å². The topological polar surface area (TPSA) is 66.4 Å². The highest BCUT2D eigenvalue weighted by Gasteiger charge is 2.02. The van der Waals surface area contributed by atoms with Gasteiger partial charge in [-0.05, 0) is 6.07 Å². The molecule has 0 fully saturated rings. The first-order valence-corrected chi connectivity index (χ1v) is 4.83. The number of aldehydes is 1. The summed E-state index contributed by atoms with van der Waals surface area (Å²) in [6, 6.07) is 4.90. The van der Waals surface area contributed by atoms with Crippen LogP contribution in [0.3, 0.4) is 0 Å².